The molecule has 0 spiro atoms. The van der Waals surface area contributed by atoms with E-state index in [-0.39, 0.29) is 11.7 Å². The maximum absolute atomic E-state index is 13.3. The maximum atomic E-state index is 13.3. The normalized spacial score (nSPS) is 10.8. The number of para-hydroxylation sites is 1. The zero-order valence-electron chi connectivity index (χ0n) is 16.8. The van der Waals surface area contributed by atoms with Gasteiger partial charge in [-0.1, -0.05) is 24.3 Å². The second kappa shape index (κ2) is 8.29. The second-order valence-corrected chi connectivity index (χ2v) is 7.14. The van der Waals surface area contributed by atoms with E-state index >= 15 is 0 Å². The smallest absolute Gasteiger partial charge is 0.252 e. The molecule has 150 valence electrons. The molecular formula is C24H21FN4O. The summed E-state index contributed by atoms with van der Waals surface area (Å²) in [6, 6.07) is 19.1. The second-order valence-electron chi connectivity index (χ2n) is 7.14. The molecule has 2 aromatic heterocycles. The molecule has 0 aliphatic rings. The third-order valence-electron chi connectivity index (χ3n) is 4.83. The third kappa shape index (κ3) is 3.98. The van der Waals surface area contributed by atoms with Gasteiger partial charge in [0, 0.05) is 43.4 Å². The molecule has 1 amide bonds. The molecule has 0 fully saturated rings. The van der Waals surface area contributed by atoms with Crippen LogP contribution in [0.5, 0.6) is 0 Å². The summed E-state index contributed by atoms with van der Waals surface area (Å²) in [6.07, 6.45) is 1.73. The van der Waals surface area contributed by atoms with E-state index in [9.17, 15) is 9.18 Å². The van der Waals surface area contributed by atoms with Crippen LogP contribution in [0.25, 0.3) is 22.2 Å². The van der Waals surface area contributed by atoms with E-state index in [4.69, 9.17) is 0 Å². The van der Waals surface area contributed by atoms with E-state index in [1.165, 1.54) is 12.1 Å². The first-order valence-electron chi connectivity index (χ1n) is 9.58. The van der Waals surface area contributed by atoms with Gasteiger partial charge in [0.25, 0.3) is 5.91 Å². The third-order valence-corrected chi connectivity index (χ3v) is 4.83. The molecule has 5 nitrogen and oxygen atoms in total. The zero-order valence-corrected chi connectivity index (χ0v) is 16.8. The molecule has 0 bridgehead atoms. The van der Waals surface area contributed by atoms with E-state index in [0.29, 0.717) is 23.3 Å². The molecule has 0 aliphatic carbocycles. The fraction of sp³-hybridized carbons (Fsp3) is 0.125. The Morgan fingerprint density at radius 1 is 1.03 bits per heavy atom. The van der Waals surface area contributed by atoms with Crippen LogP contribution in [0.1, 0.15) is 15.9 Å². The highest BCUT2D eigenvalue weighted by molar-refractivity contribution is 6.07. The summed E-state index contributed by atoms with van der Waals surface area (Å²) in [4.78, 5) is 24.1. The monoisotopic (exact) mass is 400 g/mol. The molecule has 0 unspecified atom stereocenters. The summed E-state index contributed by atoms with van der Waals surface area (Å²) < 4.78 is 13.3. The van der Waals surface area contributed by atoms with Crippen molar-refractivity contribution in [1.82, 2.24) is 15.3 Å². The SMILES string of the molecule is CN(C)c1ncccc1CNC(=O)c1cc(-c2ccc(F)cc2)nc2ccccc12. The lowest BCUT2D eigenvalue weighted by Crippen LogP contribution is -2.25. The highest BCUT2D eigenvalue weighted by atomic mass is 19.1. The van der Waals surface area contributed by atoms with Crippen LogP contribution in [0.4, 0.5) is 10.2 Å². The number of benzene rings is 2. The summed E-state index contributed by atoms with van der Waals surface area (Å²) in [6.45, 7) is 0.350. The Hall–Kier alpha value is -3.80. The van der Waals surface area contributed by atoms with E-state index in [1.807, 2.05) is 55.4 Å². The molecule has 4 aromatic rings. The largest absolute Gasteiger partial charge is 0.362 e. The quantitative estimate of drug-likeness (QED) is 0.538. The number of carbonyl (C=O) groups excluding carboxylic acids is 1. The van der Waals surface area contributed by atoms with Gasteiger partial charge in [-0.3, -0.25) is 4.79 Å². The van der Waals surface area contributed by atoms with Gasteiger partial charge in [0.2, 0.25) is 0 Å². The van der Waals surface area contributed by atoms with Gasteiger partial charge in [-0.15, -0.1) is 0 Å². The van der Waals surface area contributed by atoms with Crippen LogP contribution >= 0.6 is 0 Å². The van der Waals surface area contributed by atoms with E-state index < -0.39 is 0 Å². The summed E-state index contributed by atoms with van der Waals surface area (Å²) in [5.74, 6) is 0.292. The maximum Gasteiger partial charge on any atom is 0.252 e. The lowest BCUT2D eigenvalue weighted by atomic mass is 10.0. The van der Waals surface area contributed by atoms with Crippen molar-refractivity contribution in [3.05, 3.63) is 89.9 Å². The zero-order chi connectivity index (χ0) is 21.1. The molecular weight excluding hydrogens is 379 g/mol. The number of hydrogen-bond donors (Lipinski definition) is 1. The van der Waals surface area contributed by atoms with Crippen LogP contribution in [0, 0.1) is 5.82 Å². The van der Waals surface area contributed by atoms with Gasteiger partial charge < -0.3 is 10.2 Å². The molecule has 4 rings (SSSR count). The van der Waals surface area contributed by atoms with Crippen LogP contribution < -0.4 is 10.2 Å². The predicted octanol–water partition coefficient (Wildman–Crippen LogP) is 4.43. The van der Waals surface area contributed by atoms with Crippen molar-refractivity contribution in [2.24, 2.45) is 0 Å². The van der Waals surface area contributed by atoms with Gasteiger partial charge in [-0.05, 0) is 42.5 Å². The van der Waals surface area contributed by atoms with Gasteiger partial charge in [0.05, 0.1) is 16.8 Å². The molecule has 0 saturated heterocycles. The first-order valence-corrected chi connectivity index (χ1v) is 9.58. The summed E-state index contributed by atoms with van der Waals surface area (Å²) in [5.41, 5.74) is 3.52. The number of amides is 1. The van der Waals surface area contributed by atoms with Gasteiger partial charge in [-0.25, -0.2) is 14.4 Å². The Labute approximate surface area is 174 Å². The van der Waals surface area contributed by atoms with E-state index in [0.717, 1.165) is 22.3 Å². The summed E-state index contributed by atoms with van der Waals surface area (Å²) in [7, 11) is 3.83. The first kappa shape index (κ1) is 19.5. The predicted molar refractivity (Wildman–Crippen MR) is 117 cm³/mol. The highest BCUT2D eigenvalue weighted by Gasteiger charge is 2.15. The fourth-order valence-corrected chi connectivity index (χ4v) is 3.37. The minimum Gasteiger partial charge on any atom is -0.362 e. The minimum absolute atomic E-state index is 0.203. The van der Waals surface area contributed by atoms with Crippen LogP contribution in [-0.2, 0) is 6.54 Å². The summed E-state index contributed by atoms with van der Waals surface area (Å²) in [5, 5.41) is 3.76. The van der Waals surface area contributed by atoms with Crippen LogP contribution in [-0.4, -0.2) is 30.0 Å². The Balaban J connectivity index is 1.69. The van der Waals surface area contributed by atoms with Crippen molar-refractivity contribution in [3.63, 3.8) is 0 Å². The highest BCUT2D eigenvalue weighted by Crippen LogP contribution is 2.25. The molecule has 6 heteroatoms. The van der Waals surface area contributed by atoms with E-state index in [1.54, 1.807) is 24.4 Å². The van der Waals surface area contributed by atoms with Gasteiger partial charge in [-0.2, -0.15) is 0 Å². The molecule has 0 aliphatic heterocycles. The van der Waals surface area contributed by atoms with Crippen LogP contribution in [0.15, 0.2) is 72.9 Å². The Bertz CT molecular complexity index is 1210. The molecule has 0 saturated carbocycles. The number of aromatic nitrogens is 2. The standard InChI is InChI=1S/C24H21FN4O/c1-29(2)23-17(6-5-13-26-23)15-27-24(30)20-14-22(16-9-11-18(25)12-10-16)28-21-8-4-3-7-19(20)21/h3-14H,15H2,1-2H3,(H,27,30). The number of halogens is 1. The van der Waals surface area contributed by atoms with E-state index in [2.05, 4.69) is 15.3 Å². The van der Waals surface area contributed by atoms with Crippen molar-refractivity contribution >= 4 is 22.6 Å². The average molecular weight is 400 g/mol. The van der Waals surface area contributed by atoms with Crippen LogP contribution in [0.2, 0.25) is 0 Å². The average Bonchev–Trinajstić information content (AvgIpc) is 2.77. The molecule has 0 radical (unpaired) electrons. The molecule has 30 heavy (non-hydrogen) atoms. The van der Waals surface area contributed by atoms with Crippen molar-refractivity contribution in [3.8, 4) is 11.3 Å². The Kier molecular flexibility index (Phi) is 5.39. The molecule has 1 N–H and O–H groups in total. The van der Waals surface area contributed by atoms with Gasteiger partial charge in [0.1, 0.15) is 11.6 Å². The van der Waals surface area contributed by atoms with Crippen molar-refractivity contribution in [2.45, 2.75) is 6.54 Å². The van der Waals surface area contributed by atoms with Crippen LogP contribution in [0.3, 0.4) is 0 Å². The number of anilines is 1. The number of pyridine rings is 2. The Morgan fingerprint density at radius 2 is 1.80 bits per heavy atom. The number of fused-ring (bicyclic) bond motifs is 1. The number of rotatable bonds is 5. The van der Waals surface area contributed by atoms with Gasteiger partial charge in [0.15, 0.2) is 0 Å². The molecule has 2 heterocycles. The number of carbonyl (C=O) groups is 1. The summed E-state index contributed by atoms with van der Waals surface area (Å²) >= 11 is 0. The minimum atomic E-state index is -0.314. The topological polar surface area (TPSA) is 58.1 Å². The lowest BCUT2D eigenvalue weighted by molar-refractivity contribution is 0.0952. The first-order chi connectivity index (χ1) is 14.5. The van der Waals surface area contributed by atoms with Crippen molar-refractivity contribution < 1.29 is 9.18 Å². The number of nitrogens with one attached hydrogen (secondary N) is 1. The molecule has 0 atom stereocenters. The van der Waals surface area contributed by atoms with Gasteiger partial charge >= 0.3 is 0 Å². The Morgan fingerprint density at radius 3 is 2.57 bits per heavy atom. The lowest BCUT2D eigenvalue weighted by Gasteiger charge is -2.16. The number of hydrogen-bond acceptors (Lipinski definition) is 4. The van der Waals surface area contributed by atoms with Crippen molar-refractivity contribution in [2.75, 3.05) is 19.0 Å². The molecule has 2 aromatic carbocycles. The fourth-order valence-electron chi connectivity index (χ4n) is 3.37. The van der Waals surface area contributed by atoms with Crippen molar-refractivity contribution in [1.29, 1.82) is 0 Å². The number of nitrogens with zero attached hydrogens (tertiary/aromatic N) is 3.